The van der Waals surface area contributed by atoms with Crippen LogP contribution in [0.4, 0.5) is 0 Å². The van der Waals surface area contributed by atoms with E-state index in [4.69, 9.17) is 4.74 Å². The molecular formula is C38H73NO2. The van der Waals surface area contributed by atoms with Crippen molar-refractivity contribution in [2.24, 2.45) is 5.92 Å². The SMILES string of the molecule is CCCCC/C=C\CCC/C(OC(=O)CCCCCNC)=C(/CCCCCCCCCC)C(C)CCCCCCC. The van der Waals surface area contributed by atoms with Gasteiger partial charge < -0.3 is 10.1 Å². The van der Waals surface area contributed by atoms with Gasteiger partial charge in [-0.05, 0) is 82.9 Å². The Balaban J connectivity index is 5.33. The number of allylic oxidation sites excluding steroid dienone is 4. The van der Waals surface area contributed by atoms with Gasteiger partial charge in [0.1, 0.15) is 5.76 Å². The molecule has 0 saturated carbocycles. The molecule has 242 valence electrons. The molecule has 1 atom stereocenters. The summed E-state index contributed by atoms with van der Waals surface area (Å²) in [7, 11) is 1.99. The van der Waals surface area contributed by atoms with Crippen LogP contribution in [0.1, 0.15) is 195 Å². The maximum absolute atomic E-state index is 13.0. The van der Waals surface area contributed by atoms with Crippen LogP contribution in [0.25, 0.3) is 0 Å². The van der Waals surface area contributed by atoms with E-state index < -0.39 is 0 Å². The molecule has 0 aliphatic rings. The van der Waals surface area contributed by atoms with Crippen molar-refractivity contribution < 1.29 is 9.53 Å². The molecule has 0 rings (SSSR count). The van der Waals surface area contributed by atoms with Gasteiger partial charge in [-0.15, -0.1) is 0 Å². The van der Waals surface area contributed by atoms with Gasteiger partial charge in [-0.1, -0.05) is 136 Å². The molecule has 0 radical (unpaired) electrons. The highest BCUT2D eigenvalue weighted by atomic mass is 16.5. The van der Waals surface area contributed by atoms with Crippen LogP contribution in [0.5, 0.6) is 0 Å². The summed E-state index contributed by atoms with van der Waals surface area (Å²) < 4.78 is 6.27. The first-order valence-electron chi connectivity index (χ1n) is 18.3. The summed E-state index contributed by atoms with van der Waals surface area (Å²) in [5, 5.41) is 3.20. The van der Waals surface area contributed by atoms with E-state index in [1.807, 2.05) is 7.05 Å². The molecule has 41 heavy (non-hydrogen) atoms. The van der Waals surface area contributed by atoms with Crippen molar-refractivity contribution in [2.75, 3.05) is 13.6 Å². The lowest BCUT2D eigenvalue weighted by molar-refractivity contribution is -0.140. The van der Waals surface area contributed by atoms with E-state index in [9.17, 15) is 4.79 Å². The second-order valence-corrected chi connectivity index (χ2v) is 12.5. The second-order valence-electron chi connectivity index (χ2n) is 12.5. The summed E-state index contributed by atoms with van der Waals surface area (Å²) in [5.74, 6) is 1.53. The molecule has 0 aromatic heterocycles. The first kappa shape index (κ1) is 39.9. The van der Waals surface area contributed by atoms with Crippen molar-refractivity contribution in [3.63, 3.8) is 0 Å². The van der Waals surface area contributed by atoms with Crippen LogP contribution in [-0.4, -0.2) is 19.6 Å². The van der Waals surface area contributed by atoms with Gasteiger partial charge in [0.05, 0.1) is 0 Å². The predicted octanol–water partition coefficient (Wildman–Crippen LogP) is 12.4. The third-order valence-corrected chi connectivity index (χ3v) is 8.45. The number of ether oxygens (including phenoxy) is 1. The van der Waals surface area contributed by atoms with Crippen LogP contribution in [0.3, 0.4) is 0 Å². The normalized spacial score (nSPS) is 13.1. The van der Waals surface area contributed by atoms with Gasteiger partial charge in [-0.3, -0.25) is 4.79 Å². The molecular weight excluding hydrogens is 502 g/mol. The average Bonchev–Trinajstić information content (AvgIpc) is 2.97. The monoisotopic (exact) mass is 576 g/mol. The molecule has 0 saturated heterocycles. The zero-order valence-corrected chi connectivity index (χ0v) is 28.6. The quantitative estimate of drug-likeness (QED) is 0.0386. The molecule has 0 aromatic rings. The van der Waals surface area contributed by atoms with E-state index >= 15 is 0 Å². The number of unbranched alkanes of at least 4 members (excludes halogenated alkanes) is 17. The minimum atomic E-state index is -0.0110. The second kappa shape index (κ2) is 31.8. The van der Waals surface area contributed by atoms with Gasteiger partial charge in [-0.2, -0.15) is 0 Å². The molecule has 0 aliphatic carbocycles. The number of esters is 1. The third kappa shape index (κ3) is 26.3. The maximum atomic E-state index is 13.0. The predicted molar refractivity (Wildman–Crippen MR) is 182 cm³/mol. The fraction of sp³-hybridized carbons (Fsp3) is 0.868. The zero-order chi connectivity index (χ0) is 30.2. The number of hydrogen-bond acceptors (Lipinski definition) is 3. The summed E-state index contributed by atoms with van der Waals surface area (Å²) in [6, 6.07) is 0. The number of rotatable bonds is 31. The first-order valence-corrected chi connectivity index (χ1v) is 18.3. The van der Waals surface area contributed by atoms with Gasteiger partial charge in [-0.25, -0.2) is 0 Å². The highest BCUT2D eigenvalue weighted by Crippen LogP contribution is 2.30. The molecule has 0 fully saturated rings. The molecule has 1 unspecified atom stereocenters. The molecule has 0 aromatic carbocycles. The fourth-order valence-electron chi connectivity index (χ4n) is 5.68. The van der Waals surface area contributed by atoms with Crippen molar-refractivity contribution in [1.29, 1.82) is 0 Å². The lowest BCUT2D eigenvalue weighted by Gasteiger charge is -2.22. The Morgan fingerprint density at radius 2 is 1.12 bits per heavy atom. The Hall–Kier alpha value is -1.09. The molecule has 0 bridgehead atoms. The molecule has 0 spiro atoms. The summed E-state index contributed by atoms with van der Waals surface area (Å²) in [6.07, 6.45) is 36.1. The minimum absolute atomic E-state index is 0.0110. The molecule has 3 heteroatoms. The molecule has 0 heterocycles. The smallest absolute Gasteiger partial charge is 0.310 e. The number of hydrogen-bond donors (Lipinski definition) is 1. The Morgan fingerprint density at radius 3 is 1.76 bits per heavy atom. The third-order valence-electron chi connectivity index (χ3n) is 8.45. The summed E-state index contributed by atoms with van der Waals surface area (Å²) >= 11 is 0. The molecule has 0 aliphatic heterocycles. The van der Waals surface area contributed by atoms with Gasteiger partial charge in [0, 0.05) is 12.8 Å². The van der Waals surface area contributed by atoms with Crippen molar-refractivity contribution in [2.45, 2.75) is 195 Å². The highest BCUT2D eigenvalue weighted by Gasteiger charge is 2.18. The zero-order valence-electron chi connectivity index (χ0n) is 28.6. The standard InChI is InChI=1S/C38H73NO2/c1-6-9-12-15-17-19-22-26-31-36(35(4)30-25-21-14-11-8-3)37(32-27-23-20-18-16-13-10-7-2)41-38(40)33-28-24-29-34-39-5/h18,20,35,39H,6-17,19,21-34H2,1-5H3/b20-18-,37-36+. The van der Waals surface area contributed by atoms with Gasteiger partial charge in [0.15, 0.2) is 0 Å². The molecule has 3 nitrogen and oxygen atoms in total. The van der Waals surface area contributed by atoms with Crippen molar-refractivity contribution in [3.05, 3.63) is 23.5 Å². The van der Waals surface area contributed by atoms with E-state index in [-0.39, 0.29) is 5.97 Å². The Bertz CT molecular complexity index is 624. The first-order chi connectivity index (χ1) is 20.1. The van der Waals surface area contributed by atoms with Gasteiger partial charge >= 0.3 is 5.97 Å². The minimum Gasteiger partial charge on any atom is -0.431 e. The Labute approximate surface area is 258 Å². The van der Waals surface area contributed by atoms with E-state index in [1.54, 1.807) is 0 Å². The van der Waals surface area contributed by atoms with Gasteiger partial charge in [0.2, 0.25) is 0 Å². The summed E-state index contributed by atoms with van der Waals surface area (Å²) in [5.41, 5.74) is 1.46. The van der Waals surface area contributed by atoms with E-state index in [2.05, 4.69) is 45.2 Å². The van der Waals surface area contributed by atoms with Crippen LogP contribution in [0.2, 0.25) is 0 Å². The van der Waals surface area contributed by atoms with E-state index in [0.717, 1.165) is 57.2 Å². The van der Waals surface area contributed by atoms with Crippen LogP contribution >= 0.6 is 0 Å². The highest BCUT2D eigenvalue weighted by molar-refractivity contribution is 5.70. The lowest BCUT2D eigenvalue weighted by atomic mass is 9.88. The van der Waals surface area contributed by atoms with E-state index in [1.165, 1.54) is 121 Å². The average molecular weight is 576 g/mol. The Morgan fingerprint density at radius 1 is 0.610 bits per heavy atom. The fourth-order valence-corrected chi connectivity index (χ4v) is 5.68. The van der Waals surface area contributed by atoms with Crippen LogP contribution in [0.15, 0.2) is 23.5 Å². The lowest BCUT2D eigenvalue weighted by Crippen LogP contribution is -2.12. The Kier molecular flexibility index (Phi) is 31.0. The molecule has 0 amide bonds. The number of nitrogens with one attached hydrogen (secondary N) is 1. The van der Waals surface area contributed by atoms with Crippen molar-refractivity contribution in [1.82, 2.24) is 5.32 Å². The maximum Gasteiger partial charge on any atom is 0.310 e. The topological polar surface area (TPSA) is 38.3 Å². The van der Waals surface area contributed by atoms with Gasteiger partial charge in [0.25, 0.3) is 0 Å². The van der Waals surface area contributed by atoms with Crippen LogP contribution in [0, 0.1) is 5.92 Å². The molecule has 1 N–H and O–H groups in total. The van der Waals surface area contributed by atoms with Crippen molar-refractivity contribution >= 4 is 5.97 Å². The largest absolute Gasteiger partial charge is 0.431 e. The number of carbonyl (C=O) groups excluding carboxylic acids is 1. The van der Waals surface area contributed by atoms with E-state index in [0.29, 0.717) is 12.3 Å². The van der Waals surface area contributed by atoms with Crippen molar-refractivity contribution in [3.8, 4) is 0 Å². The van der Waals surface area contributed by atoms with Crippen LogP contribution in [-0.2, 0) is 9.53 Å². The summed E-state index contributed by atoms with van der Waals surface area (Å²) in [6.45, 7) is 10.3. The summed E-state index contributed by atoms with van der Waals surface area (Å²) in [4.78, 5) is 13.0. The number of carbonyl (C=O) groups is 1. The van der Waals surface area contributed by atoms with Crippen LogP contribution < -0.4 is 5.32 Å².